The summed E-state index contributed by atoms with van der Waals surface area (Å²) in [5.74, 6) is 0. The summed E-state index contributed by atoms with van der Waals surface area (Å²) >= 11 is 0. The molecule has 2 aromatic heterocycles. The monoisotopic (exact) mass is 217 g/mol. The minimum absolute atomic E-state index is 0.286. The molecule has 0 saturated heterocycles. The van der Waals surface area contributed by atoms with Crippen LogP contribution in [-0.4, -0.2) is 25.4 Å². The van der Waals surface area contributed by atoms with E-state index in [1.54, 1.807) is 0 Å². The zero-order valence-electron chi connectivity index (χ0n) is 9.24. The number of nitrogens with two attached hydrogens (primary N) is 1. The molecule has 1 aliphatic rings. The van der Waals surface area contributed by atoms with E-state index in [1.165, 1.54) is 0 Å². The zero-order valence-corrected chi connectivity index (χ0v) is 9.24. The van der Waals surface area contributed by atoms with Gasteiger partial charge in [0, 0.05) is 24.3 Å². The molecule has 5 heteroatoms. The molecule has 0 amide bonds. The number of hydrogen-bond acceptors (Lipinski definition) is 3. The topological polar surface area (TPSA) is 61.7 Å². The van der Waals surface area contributed by atoms with Gasteiger partial charge in [0.05, 0.1) is 30.5 Å². The summed E-state index contributed by atoms with van der Waals surface area (Å²) in [6.45, 7) is 2.96. The number of imidazole rings is 1. The van der Waals surface area contributed by atoms with E-state index in [-0.39, 0.29) is 6.04 Å². The summed E-state index contributed by atoms with van der Waals surface area (Å²) in [6, 6.07) is 0.705. The Bertz CT molecular complexity index is 498. The van der Waals surface area contributed by atoms with Crippen LogP contribution in [0.25, 0.3) is 11.3 Å². The molecule has 1 saturated carbocycles. The number of rotatable bonds is 3. The van der Waals surface area contributed by atoms with Gasteiger partial charge >= 0.3 is 0 Å². The van der Waals surface area contributed by atoms with Crippen LogP contribution >= 0.6 is 0 Å². The van der Waals surface area contributed by atoms with Crippen molar-refractivity contribution >= 4 is 0 Å². The van der Waals surface area contributed by atoms with Crippen LogP contribution in [0.1, 0.15) is 19.4 Å². The Morgan fingerprint density at radius 1 is 1.50 bits per heavy atom. The Morgan fingerprint density at radius 2 is 2.31 bits per heavy atom. The normalized spacial score (nSPS) is 23.6. The molecule has 0 spiro atoms. The molecule has 1 fully saturated rings. The highest BCUT2D eigenvalue weighted by molar-refractivity contribution is 5.57. The first-order chi connectivity index (χ1) is 7.79. The van der Waals surface area contributed by atoms with Crippen molar-refractivity contribution in [1.82, 2.24) is 19.3 Å². The molecule has 0 radical (unpaired) electrons. The van der Waals surface area contributed by atoms with Gasteiger partial charge in [-0.1, -0.05) is 0 Å². The average molecular weight is 217 g/mol. The number of aryl methyl sites for hydroxylation is 1. The lowest BCUT2D eigenvalue weighted by molar-refractivity contribution is 0.660. The third-order valence-corrected chi connectivity index (χ3v) is 3.08. The maximum atomic E-state index is 5.87. The first kappa shape index (κ1) is 9.59. The molecule has 2 aromatic rings. The van der Waals surface area contributed by atoms with Crippen LogP contribution < -0.4 is 5.73 Å². The van der Waals surface area contributed by atoms with E-state index in [1.807, 2.05) is 29.6 Å². The standard InChI is InChI=1S/C11H15N5/c1-2-15-6-8(4-14-15)11-5-13-7-16(11)10-3-9(10)12/h4-7,9-10H,2-3,12H2,1H3. The van der Waals surface area contributed by atoms with Crippen molar-refractivity contribution in [2.24, 2.45) is 5.73 Å². The number of hydrogen-bond donors (Lipinski definition) is 1. The highest BCUT2D eigenvalue weighted by Crippen LogP contribution is 2.37. The molecule has 16 heavy (non-hydrogen) atoms. The van der Waals surface area contributed by atoms with Crippen molar-refractivity contribution in [3.05, 3.63) is 24.9 Å². The van der Waals surface area contributed by atoms with Gasteiger partial charge in [-0.3, -0.25) is 4.68 Å². The minimum Gasteiger partial charge on any atom is -0.326 e. The molecule has 1 aliphatic carbocycles. The quantitative estimate of drug-likeness (QED) is 0.835. The summed E-state index contributed by atoms with van der Waals surface area (Å²) in [4.78, 5) is 4.20. The van der Waals surface area contributed by atoms with E-state index in [9.17, 15) is 0 Å². The van der Waals surface area contributed by atoms with Crippen molar-refractivity contribution in [3.8, 4) is 11.3 Å². The van der Waals surface area contributed by atoms with Gasteiger partial charge in [0.15, 0.2) is 0 Å². The highest BCUT2D eigenvalue weighted by atomic mass is 15.3. The second-order valence-electron chi connectivity index (χ2n) is 4.24. The first-order valence-electron chi connectivity index (χ1n) is 5.60. The summed E-state index contributed by atoms with van der Waals surface area (Å²) in [6.07, 6.45) is 8.70. The number of nitrogens with zero attached hydrogens (tertiary/aromatic N) is 4. The second kappa shape index (κ2) is 3.45. The maximum Gasteiger partial charge on any atom is 0.0954 e. The third kappa shape index (κ3) is 1.44. The molecule has 2 unspecified atom stereocenters. The van der Waals surface area contributed by atoms with Crippen molar-refractivity contribution in [3.63, 3.8) is 0 Å². The second-order valence-corrected chi connectivity index (χ2v) is 4.24. The smallest absolute Gasteiger partial charge is 0.0954 e. The average Bonchev–Trinajstić information content (AvgIpc) is 2.79. The molecule has 3 rings (SSSR count). The predicted octanol–water partition coefficient (Wildman–Crippen LogP) is 1.04. The van der Waals surface area contributed by atoms with Crippen molar-refractivity contribution in [2.45, 2.75) is 32.0 Å². The van der Waals surface area contributed by atoms with Gasteiger partial charge in [-0.2, -0.15) is 5.10 Å². The third-order valence-electron chi connectivity index (χ3n) is 3.08. The highest BCUT2D eigenvalue weighted by Gasteiger charge is 2.36. The van der Waals surface area contributed by atoms with Crippen LogP contribution in [-0.2, 0) is 6.54 Å². The van der Waals surface area contributed by atoms with E-state index in [0.717, 1.165) is 24.2 Å². The molecule has 84 valence electrons. The largest absolute Gasteiger partial charge is 0.326 e. The van der Waals surface area contributed by atoms with E-state index < -0.39 is 0 Å². The molecule has 0 aromatic carbocycles. The van der Waals surface area contributed by atoms with Crippen LogP contribution in [0.5, 0.6) is 0 Å². The number of aromatic nitrogens is 4. The SMILES string of the molecule is CCn1cc(-c2cncn2C2CC2N)cn1. The molecule has 2 N–H and O–H groups in total. The Kier molecular flexibility index (Phi) is 2.07. The van der Waals surface area contributed by atoms with E-state index in [4.69, 9.17) is 5.73 Å². The Hall–Kier alpha value is -1.62. The van der Waals surface area contributed by atoms with Gasteiger partial charge in [-0.25, -0.2) is 4.98 Å². The van der Waals surface area contributed by atoms with E-state index in [2.05, 4.69) is 21.6 Å². The molecule has 2 atom stereocenters. The van der Waals surface area contributed by atoms with Crippen molar-refractivity contribution in [2.75, 3.05) is 0 Å². The first-order valence-corrected chi connectivity index (χ1v) is 5.60. The summed E-state index contributed by atoms with van der Waals surface area (Å²) < 4.78 is 4.07. The Morgan fingerprint density at radius 3 is 2.94 bits per heavy atom. The zero-order chi connectivity index (χ0) is 11.1. The minimum atomic E-state index is 0.286. The molecule has 5 nitrogen and oxygen atoms in total. The summed E-state index contributed by atoms with van der Waals surface area (Å²) in [5.41, 5.74) is 8.09. The van der Waals surface area contributed by atoms with Crippen molar-refractivity contribution < 1.29 is 0 Å². The van der Waals surface area contributed by atoms with Crippen molar-refractivity contribution in [1.29, 1.82) is 0 Å². The van der Waals surface area contributed by atoms with Gasteiger partial charge in [-0.15, -0.1) is 0 Å². The lowest BCUT2D eigenvalue weighted by Gasteiger charge is -2.04. The lowest BCUT2D eigenvalue weighted by Crippen LogP contribution is -2.06. The van der Waals surface area contributed by atoms with Crippen LogP contribution in [0.15, 0.2) is 24.9 Å². The fourth-order valence-corrected chi connectivity index (χ4v) is 1.98. The van der Waals surface area contributed by atoms with Gasteiger partial charge in [0.2, 0.25) is 0 Å². The Labute approximate surface area is 93.9 Å². The van der Waals surface area contributed by atoms with E-state index >= 15 is 0 Å². The van der Waals surface area contributed by atoms with Crippen LogP contribution in [0, 0.1) is 0 Å². The molecular weight excluding hydrogens is 202 g/mol. The summed E-state index contributed by atoms with van der Waals surface area (Å²) in [7, 11) is 0. The molecule has 2 heterocycles. The summed E-state index contributed by atoms with van der Waals surface area (Å²) in [5, 5.41) is 4.27. The fraction of sp³-hybridized carbons (Fsp3) is 0.455. The van der Waals surface area contributed by atoms with E-state index in [0.29, 0.717) is 6.04 Å². The van der Waals surface area contributed by atoms with Gasteiger partial charge in [0.25, 0.3) is 0 Å². The lowest BCUT2D eigenvalue weighted by atomic mass is 10.3. The Balaban J connectivity index is 1.96. The predicted molar refractivity (Wildman–Crippen MR) is 60.8 cm³/mol. The van der Waals surface area contributed by atoms with Crippen LogP contribution in [0.4, 0.5) is 0 Å². The molecular formula is C11H15N5. The van der Waals surface area contributed by atoms with Crippen LogP contribution in [0.2, 0.25) is 0 Å². The van der Waals surface area contributed by atoms with Gasteiger partial charge in [0.1, 0.15) is 0 Å². The fourth-order valence-electron chi connectivity index (χ4n) is 1.98. The van der Waals surface area contributed by atoms with Gasteiger partial charge < -0.3 is 10.3 Å². The van der Waals surface area contributed by atoms with Gasteiger partial charge in [-0.05, 0) is 13.3 Å². The maximum absolute atomic E-state index is 5.87. The van der Waals surface area contributed by atoms with Crippen LogP contribution in [0.3, 0.4) is 0 Å². The molecule has 0 aliphatic heterocycles. The molecule has 0 bridgehead atoms.